The van der Waals surface area contributed by atoms with Gasteiger partial charge in [-0.1, -0.05) is 60.7 Å². The van der Waals surface area contributed by atoms with Gasteiger partial charge in [0.15, 0.2) is 0 Å². The van der Waals surface area contributed by atoms with E-state index >= 15 is 0 Å². The summed E-state index contributed by atoms with van der Waals surface area (Å²) in [5.74, 6) is 0.0238. The van der Waals surface area contributed by atoms with Crippen LogP contribution in [0.1, 0.15) is 36.0 Å². The van der Waals surface area contributed by atoms with Gasteiger partial charge in [-0.25, -0.2) is 0 Å². The van der Waals surface area contributed by atoms with E-state index in [2.05, 4.69) is 0 Å². The summed E-state index contributed by atoms with van der Waals surface area (Å²) in [5.41, 5.74) is 2.04. The monoisotopic (exact) mass is 256 g/mol. The van der Waals surface area contributed by atoms with Crippen molar-refractivity contribution in [2.24, 2.45) is 0 Å². The Morgan fingerprint density at radius 3 is 1.84 bits per heavy atom. The predicted molar refractivity (Wildman–Crippen MR) is 76.9 cm³/mol. The van der Waals surface area contributed by atoms with Gasteiger partial charge in [0.2, 0.25) is 0 Å². The van der Waals surface area contributed by atoms with Gasteiger partial charge in [-0.2, -0.15) is 0 Å². The summed E-state index contributed by atoms with van der Waals surface area (Å²) < 4.78 is 0. The molecular weight excluding hydrogens is 236 g/mol. The van der Waals surface area contributed by atoms with E-state index in [1.54, 1.807) is 0 Å². The molecule has 0 spiro atoms. The van der Waals surface area contributed by atoms with Crippen molar-refractivity contribution >= 4 is 0 Å². The molecule has 0 aliphatic rings. The number of hydrogen-bond acceptors (Lipinski definition) is 2. The van der Waals surface area contributed by atoms with Crippen molar-refractivity contribution < 1.29 is 10.2 Å². The van der Waals surface area contributed by atoms with Crippen LogP contribution in [0.15, 0.2) is 60.7 Å². The molecule has 0 aromatic heterocycles. The Morgan fingerprint density at radius 1 is 0.789 bits per heavy atom. The summed E-state index contributed by atoms with van der Waals surface area (Å²) in [7, 11) is 0. The second-order valence-electron chi connectivity index (χ2n) is 4.74. The van der Waals surface area contributed by atoms with Crippen LogP contribution in [-0.2, 0) is 0 Å². The van der Waals surface area contributed by atoms with Gasteiger partial charge in [-0.05, 0) is 24.0 Å². The number of hydrogen-bond donors (Lipinski definition) is 2. The topological polar surface area (TPSA) is 40.5 Å². The molecule has 2 heteroatoms. The Hall–Kier alpha value is -1.64. The Bertz CT molecular complexity index is 467. The fourth-order valence-corrected chi connectivity index (χ4v) is 2.40. The average Bonchev–Trinajstić information content (AvgIpc) is 2.49. The summed E-state index contributed by atoms with van der Waals surface area (Å²) in [6.45, 7) is 0.158. The van der Waals surface area contributed by atoms with E-state index in [9.17, 15) is 5.11 Å². The maximum Gasteiger partial charge on any atom is 0.0858 e. The lowest BCUT2D eigenvalue weighted by Crippen LogP contribution is -2.11. The van der Waals surface area contributed by atoms with Crippen LogP contribution in [-0.4, -0.2) is 16.8 Å². The Labute approximate surface area is 114 Å². The summed E-state index contributed by atoms with van der Waals surface area (Å²) in [6, 6.07) is 19.7. The first kappa shape index (κ1) is 13.8. The van der Waals surface area contributed by atoms with E-state index in [1.807, 2.05) is 60.7 Å². The average molecular weight is 256 g/mol. The second kappa shape index (κ2) is 7.07. The minimum absolute atomic E-state index is 0.0238. The maximum absolute atomic E-state index is 10.6. The Morgan fingerprint density at radius 2 is 1.32 bits per heavy atom. The highest BCUT2D eigenvalue weighted by Crippen LogP contribution is 2.34. The first-order chi connectivity index (χ1) is 9.33. The molecule has 0 radical (unpaired) electrons. The van der Waals surface area contributed by atoms with Crippen LogP contribution in [0.4, 0.5) is 0 Å². The summed E-state index contributed by atoms with van der Waals surface area (Å²) in [6.07, 6.45) is 0.940. The molecule has 2 aromatic rings. The molecule has 0 aliphatic carbocycles. The fourth-order valence-electron chi connectivity index (χ4n) is 2.40. The highest BCUT2D eigenvalue weighted by atomic mass is 16.3. The predicted octanol–water partition coefficient (Wildman–Crippen LogP) is 3.28. The molecule has 0 unspecified atom stereocenters. The zero-order valence-electron chi connectivity index (χ0n) is 10.9. The number of aliphatic hydroxyl groups is 2. The van der Waals surface area contributed by atoms with Crippen molar-refractivity contribution in [1.29, 1.82) is 0 Å². The molecule has 2 nitrogen and oxygen atoms in total. The SMILES string of the molecule is OCCC[C@@H](c1ccccc1)[C@@H](O)c1ccccc1. The van der Waals surface area contributed by atoms with E-state index in [4.69, 9.17) is 5.11 Å². The van der Waals surface area contributed by atoms with E-state index in [0.717, 1.165) is 17.5 Å². The molecule has 2 rings (SSSR count). The van der Waals surface area contributed by atoms with E-state index < -0.39 is 6.10 Å². The number of rotatable bonds is 6. The Kier molecular flexibility index (Phi) is 5.13. The molecule has 2 atom stereocenters. The maximum atomic E-state index is 10.6. The van der Waals surface area contributed by atoms with Crippen LogP contribution < -0.4 is 0 Å². The Balaban J connectivity index is 2.22. The van der Waals surface area contributed by atoms with Crippen LogP contribution in [0.2, 0.25) is 0 Å². The lowest BCUT2D eigenvalue weighted by molar-refractivity contribution is 0.135. The van der Waals surface area contributed by atoms with Crippen molar-refractivity contribution in [1.82, 2.24) is 0 Å². The smallest absolute Gasteiger partial charge is 0.0858 e. The van der Waals surface area contributed by atoms with E-state index in [-0.39, 0.29) is 12.5 Å². The molecule has 2 aromatic carbocycles. The zero-order chi connectivity index (χ0) is 13.5. The van der Waals surface area contributed by atoms with Gasteiger partial charge in [0.25, 0.3) is 0 Å². The lowest BCUT2D eigenvalue weighted by Gasteiger charge is -2.23. The largest absolute Gasteiger partial charge is 0.396 e. The van der Waals surface area contributed by atoms with E-state index in [1.165, 1.54) is 0 Å². The van der Waals surface area contributed by atoms with Crippen LogP contribution in [0.25, 0.3) is 0 Å². The summed E-state index contributed by atoms with van der Waals surface area (Å²) in [4.78, 5) is 0. The van der Waals surface area contributed by atoms with Gasteiger partial charge < -0.3 is 10.2 Å². The van der Waals surface area contributed by atoms with Crippen LogP contribution >= 0.6 is 0 Å². The molecule has 0 amide bonds. The molecule has 0 aliphatic heterocycles. The van der Waals surface area contributed by atoms with Gasteiger partial charge in [0, 0.05) is 12.5 Å². The first-order valence-corrected chi connectivity index (χ1v) is 6.71. The van der Waals surface area contributed by atoms with Crippen molar-refractivity contribution in [3.63, 3.8) is 0 Å². The molecule has 2 N–H and O–H groups in total. The highest BCUT2D eigenvalue weighted by molar-refractivity contribution is 5.26. The van der Waals surface area contributed by atoms with Crippen LogP contribution in [0.3, 0.4) is 0 Å². The third-order valence-corrected chi connectivity index (χ3v) is 3.42. The standard InChI is InChI=1S/C17H20O2/c18-13-7-12-16(14-8-3-1-4-9-14)17(19)15-10-5-2-6-11-15/h1-6,8-11,16-19H,7,12-13H2/t16-,17-/m0/s1. The van der Waals surface area contributed by atoms with Crippen LogP contribution in [0.5, 0.6) is 0 Å². The third-order valence-electron chi connectivity index (χ3n) is 3.42. The van der Waals surface area contributed by atoms with Gasteiger partial charge >= 0.3 is 0 Å². The molecule has 19 heavy (non-hydrogen) atoms. The minimum atomic E-state index is -0.532. The first-order valence-electron chi connectivity index (χ1n) is 6.71. The van der Waals surface area contributed by atoms with E-state index in [0.29, 0.717) is 6.42 Å². The molecule has 0 bridgehead atoms. The fraction of sp³-hybridized carbons (Fsp3) is 0.294. The van der Waals surface area contributed by atoms with Crippen molar-refractivity contribution in [3.8, 4) is 0 Å². The zero-order valence-corrected chi connectivity index (χ0v) is 10.9. The number of aliphatic hydroxyl groups excluding tert-OH is 2. The van der Waals surface area contributed by atoms with Gasteiger partial charge in [-0.3, -0.25) is 0 Å². The minimum Gasteiger partial charge on any atom is -0.396 e. The number of benzene rings is 2. The quantitative estimate of drug-likeness (QED) is 0.832. The summed E-state index contributed by atoms with van der Waals surface area (Å²) in [5, 5.41) is 19.6. The summed E-state index contributed by atoms with van der Waals surface area (Å²) >= 11 is 0. The molecule has 0 saturated carbocycles. The van der Waals surface area contributed by atoms with Crippen molar-refractivity contribution in [3.05, 3.63) is 71.8 Å². The molecule has 0 heterocycles. The second-order valence-corrected chi connectivity index (χ2v) is 4.74. The molecule has 0 fully saturated rings. The van der Waals surface area contributed by atoms with Gasteiger partial charge in [-0.15, -0.1) is 0 Å². The van der Waals surface area contributed by atoms with Crippen molar-refractivity contribution in [2.75, 3.05) is 6.61 Å². The van der Waals surface area contributed by atoms with Crippen molar-refractivity contribution in [2.45, 2.75) is 24.9 Å². The van der Waals surface area contributed by atoms with Gasteiger partial charge in [0.05, 0.1) is 6.10 Å². The third kappa shape index (κ3) is 3.66. The van der Waals surface area contributed by atoms with Crippen LogP contribution in [0, 0.1) is 0 Å². The molecular formula is C17H20O2. The molecule has 100 valence electrons. The lowest BCUT2D eigenvalue weighted by atomic mass is 9.86. The highest BCUT2D eigenvalue weighted by Gasteiger charge is 2.21. The van der Waals surface area contributed by atoms with Gasteiger partial charge in [0.1, 0.15) is 0 Å². The normalized spacial score (nSPS) is 14.0. The molecule has 0 saturated heterocycles.